The normalized spacial score (nSPS) is 18.9. The van der Waals surface area contributed by atoms with E-state index < -0.39 is 5.54 Å². The smallest absolute Gasteiger partial charge is 0.243 e. The zero-order valence-corrected chi connectivity index (χ0v) is 15.4. The molecule has 0 bridgehead atoms. The molecule has 1 aromatic heterocycles. The quantitative estimate of drug-likeness (QED) is 0.832. The number of likely N-dealkylation sites (N-methyl/N-ethyl adjacent to an activating group) is 1. The van der Waals surface area contributed by atoms with Crippen molar-refractivity contribution in [1.29, 1.82) is 0 Å². The summed E-state index contributed by atoms with van der Waals surface area (Å²) in [7, 11) is 4.05. The van der Waals surface area contributed by atoms with Gasteiger partial charge in [-0.1, -0.05) is 24.3 Å². The lowest BCUT2D eigenvalue weighted by atomic mass is 9.91. The minimum Gasteiger partial charge on any atom is -0.352 e. The molecule has 1 amide bonds. The molecule has 0 unspecified atom stereocenters. The van der Waals surface area contributed by atoms with Gasteiger partial charge in [0.2, 0.25) is 5.91 Å². The molecule has 1 aromatic carbocycles. The van der Waals surface area contributed by atoms with Crippen LogP contribution in [0.5, 0.6) is 0 Å². The van der Waals surface area contributed by atoms with Crippen LogP contribution in [-0.2, 0) is 17.6 Å². The Morgan fingerprint density at radius 1 is 1.04 bits per heavy atom. The molecule has 26 heavy (non-hydrogen) atoms. The molecule has 0 radical (unpaired) electrons. The lowest BCUT2D eigenvalue weighted by Crippen LogP contribution is -2.61. The van der Waals surface area contributed by atoms with Gasteiger partial charge in [0, 0.05) is 51.4 Å². The highest BCUT2D eigenvalue weighted by molar-refractivity contribution is 5.88. The fraction of sp³-hybridized carbons (Fsp3) is 0.450. The maximum Gasteiger partial charge on any atom is 0.243 e. The van der Waals surface area contributed by atoms with Crippen LogP contribution in [0.25, 0.3) is 0 Å². The molecule has 0 N–H and O–H groups in total. The van der Waals surface area contributed by atoms with Crippen molar-refractivity contribution in [3.63, 3.8) is 0 Å². The molecule has 4 rings (SSSR count). The number of hydrogen-bond acceptors (Lipinski definition) is 5. The van der Waals surface area contributed by atoms with Crippen LogP contribution >= 0.6 is 0 Å². The Morgan fingerprint density at radius 2 is 1.69 bits per heavy atom. The number of hydrogen-bond donors (Lipinski definition) is 0. The Labute approximate surface area is 154 Å². The first-order valence-electron chi connectivity index (χ1n) is 9.15. The van der Waals surface area contributed by atoms with Crippen molar-refractivity contribution in [2.75, 3.05) is 45.2 Å². The number of fused-ring (bicyclic) bond motifs is 1. The number of amides is 1. The van der Waals surface area contributed by atoms with E-state index in [4.69, 9.17) is 0 Å². The van der Waals surface area contributed by atoms with E-state index in [9.17, 15) is 4.79 Å². The Kier molecular flexibility index (Phi) is 4.36. The average molecular weight is 351 g/mol. The highest BCUT2D eigenvalue weighted by Crippen LogP contribution is 2.35. The zero-order chi connectivity index (χ0) is 18.1. The highest BCUT2D eigenvalue weighted by atomic mass is 16.2. The standard InChI is InChI=1S/C20H25N5O/c1-23(2)20(13-16-5-3-4-6-17(16)14-20)19(26)25-11-9-24(10-12-25)18-15-21-7-8-22-18/h3-8,15H,9-14H2,1-2H3. The van der Waals surface area contributed by atoms with E-state index in [1.165, 1.54) is 11.1 Å². The topological polar surface area (TPSA) is 52.6 Å². The van der Waals surface area contributed by atoms with E-state index in [0.717, 1.165) is 44.8 Å². The Morgan fingerprint density at radius 3 is 2.23 bits per heavy atom. The van der Waals surface area contributed by atoms with Gasteiger partial charge in [-0.25, -0.2) is 4.98 Å². The molecule has 136 valence electrons. The average Bonchev–Trinajstić information content (AvgIpc) is 3.09. The van der Waals surface area contributed by atoms with Crippen LogP contribution in [0, 0.1) is 0 Å². The first kappa shape index (κ1) is 17.0. The van der Waals surface area contributed by atoms with Crippen molar-refractivity contribution in [2.24, 2.45) is 0 Å². The number of benzene rings is 1. The van der Waals surface area contributed by atoms with Crippen LogP contribution in [0.4, 0.5) is 5.82 Å². The predicted molar refractivity (Wildman–Crippen MR) is 101 cm³/mol. The molecule has 2 aliphatic rings. The van der Waals surface area contributed by atoms with Crippen LogP contribution in [0.1, 0.15) is 11.1 Å². The zero-order valence-electron chi connectivity index (χ0n) is 15.4. The van der Waals surface area contributed by atoms with Crippen molar-refractivity contribution in [3.8, 4) is 0 Å². The first-order valence-corrected chi connectivity index (χ1v) is 9.15. The summed E-state index contributed by atoms with van der Waals surface area (Å²) in [5, 5.41) is 0. The van der Waals surface area contributed by atoms with Gasteiger partial charge in [-0.3, -0.25) is 14.7 Å². The second-order valence-electron chi connectivity index (χ2n) is 7.39. The highest BCUT2D eigenvalue weighted by Gasteiger charge is 2.48. The van der Waals surface area contributed by atoms with Gasteiger partial charge in [0.15, 0.2) is 0 Å². The molecule has 2 heterocycles. The molecule has 6 nitrogen and oxygen atoms in total. The second kappa shape index (κ2) is 6.68. The first-order chi connectivity index (χ1) is 12.6. The molecular weight excluding hydrogens is 326 g/mol. The maximum atomic E-state index is 13.5. The molecule has 1 fully saturated rings. The minimum atomic E-state index is -0.460. The summed E-state index contributed by atoms with van der Waals surface area (Å²) in [5.41, 5.74) is 2.14. The number of piperazine rings is 1. The SMILES string of the molecule is CN(C)C1(C(=O)N2CCN(c3cnccn3)CC2)Cc2ccccc2C1. The van der Waals surface area contributed by atoms with Crippen LogP contribution in [0.2, 0.25) is 0 Å². The number of rotatable bonds is 3. The summed E-state index contributed by atoms with van der Waals surface area (Å²) in [4.78, 5) is 28.4. The fourth-order valence-corrected chi connectivity index (χ4v) is 4.14. The van der Waals surface area contributed by atoms with Gasteiger partial charge in [-0.2, -0.15) is 0 Å². The molecule has 0 atom stereocenters. The number of anilines is 1. The van der Waals surface area contributed by atoms with Crippen LogP contribution in [0.3, 0.4) is 0 Å². The number of carbonyl (C=O) groups is 1. The maximum absolute atomic E-state index is 13.5. The summed E-state index contributed by atoms with van der Waals surface area (Å²) >= 11 is 0. The van der Waals surface area contributed by atoms with Crippen molar-refractivity contribution in [3.05, 3.63) is 54.0 Å². The third-order valence-corrected chi connectivity index (χ3v) is 5.78. The van der Waals surface area contributed by atoms with Crippen molar-refractivity contribution < 1.29 is 4.79 Å². The molecule has 1 saturated heterocycles. The second-order valence-corrected chi connectivity index (χ2v) is 7.39. The Balaban J connectivity index is 1.49. The molecule has 0 spiro atoms. The minimum absolute atomic E-state index is 0.248. The summed E-state index contributed by atoms with van der Waals surface area (Å²) in [5.74, 6) is 1.13. The van der Waals surface area contributed by atoms with E-state index in [2.05, 4.69) is 44.0 Å². The summed E-state index contributed by atoms with van der Waals surface area (Å²) < 4.78 is 0. The van der Waals surface area contributed by atoms with Crippen LogP contribution < -0.4 is 4.90 Å². The van der Waals surface area contributed by atoms with E-state index in [0.29, 0.717) is 0 Å². The van der Waals surface area contributed by atoms with E-state index in [1.807, 2.05) is 19.0 Å². The van der Waals surface area contributed by atoms with E-state index in [1.54, 1.807) is 18.6 Å². The Bertz CT molecular complexity index is 759. The Hall–Kier alpha value is -2.47. The van der Waals surface area contributed by atoms with Crippen LogP contribution in [-0.4, -0.2) is 71.5 Å². The monoisotopic (exact) mass is 351 g/mol. The van der Waals surface area contributed by atoms with Crippen molar-refractivity contribution >= 4 is 11.7 Å². The summed E-state index contributed by atoms with van der Waals surface area (Å²) in [6.07, 6.45) is 6.76. The van der Waals surface area contributed by atoms with Gasteiger partial charge in [-0.15, -0.1) is 0 Å². The van der Waals surface area contributed by atoms with Gasteiger partial charge in [0.05, 0.1) is 6.20 Å². The fourth-order valence-electron chi connectivity index (χ4n) is 4.14. The van der Waals surface area contributed by atoms with Crippen molar-refractivity contribution in [2.45, 2.75) is 18.4 Å². The number of nitrogens with zero attached hydrogens (tertiary/aromatic N) is 5. The lowest BCUT2D eigenvalue weighted by Gasteiger charge is -2.42. The molecular formula is C20H25N5O. The number of carbonyl (C=O) groups excluding carboxylic acids is 1. The van der Waals surface area contributed by atoms with Gasteiger partial charge in [0.25, 0.3) is 0 Å². The van der Waals surface area contributed by atoms with Gasteiger partial charge in [0.1, 0.15) is 11.4 Å². The molecule has 0 saturated carbocycles. The molecule has 2 aromatic rings. The van der Waals surface area contributed by atoms with Gasteiger partial charge in [-0.05, 0) is 25.2 Å². The summed E-state index contributed by atoms with van der Waals surface area (Å²) in [6.45, 7) is 3.03. The molecule has 1 aliphatic carbocycles. The molecule has 6 heteroatoms. The van der Waals surface area contributed by atoms with Crippen LogP contribution in [0.15, 0.2) is 42.9 Å². The largest absolute Gasteiger partial charge is 0.352 e. The molecule has 1 aliphatic heterocycles. The van der Waals surface area contributed by atoms with E-state index in [-0.39, 0.29) is 5.91 Å². The van der Waals surface area contributed by atoms with Gasteiger partial charge < -0.3 is 9.80 Å². The third kappa shape index (κ3) is 2.84. The van der Waals surface area contributed by atoms with Gasteiger partial charge >= 0.3 is 0 Å². The summed E-state index contributed by atoms with van der Waals surface area (Å²) in [6, 6.07) is 8.43. The third-order valence-electron chi connectivity index (χ3n) is 5.78. The van der Waals surface area contributed by atoms with Crippen molar-refractivity contribution in [1.82, 2.24) is 19.8 Å². The lowest BCUT2D eigenvalue weighted by molar-refractivity contribution is -0.143. The van der Waals surface area contributed by atoms with E-state index >= 15 is 0 Å². The predicted octanol–water partition coefficient (Wildman–Crippen LogP) is 1.22. The number of aromatic nitrogens is 2.